The number of nitrogens with one attached hydrogen (secondary N) is 1. The maximum atomic E-state index is 11.2. The maximum Gasteiger partial charge on any atom is 0.167 e. The topological polar surface area (TPSA) is 146 Å². The predicted octanol–water partition coefficient (Wildman–Crippen LogP) is 1.32. The summed E-state index contributed by atoms with van der Waals surface area (Å²) in [7, 11) is 0. The molecule has 5 N–H and O–H groups in total. The van der Waals surface area contributed by atoms with Crippen molar-refractivity contribution in [3.63, 3.8) is 0 Å². The van der Waals surface area contributed by atoms with E-state index in [1.807, 2.05) is 60.7 Å². The number of nitrogens with zero attached hydrogens (tertiary/aromatic N) is 4. The Morgan fingerprint density at radius 1 is 0.912 bits per heavy atom. The first-order valence-electron chi connectivity index (χ1n) is 10.9. The van der Waals surface area contributed by atoms with Crippen LogP contribution in [0.5, 0.6) is 0 Å². The Hall–Kier alpha value is -3.41. The smallest absolute Gasteiger partial charge is 0.167 e. The molecule has 1 saturated heterocycles. The molecule has 1 fully saturated rings. The lowest BCUT2D eigenvalue weighted by molar-refractivity contribution is -0.0511. The van der Waals surface area contributed by atoms with Crippen LogP contribution in [0.25, 0.3) is 11.2 Å². The molecule has 0 bridgehead atoms. The molecule has 6 atom stereocenters. The number of aliphatic hydroxyl groups is 4. The Morgan fingerprint density at radius 3 is 2.24 bits per heavy atom. The van der Waals surface area contributed by atoms with E-state index in [9.17, 15) is 20.4 Å². The second-order valence-corrected chi connectivity index (χ2v) is 8.16. The Labute approximate surface area is 195 Å². The highest BCUT2D eigenvalue weighted by Crippen LogP contribution is 2.35. The first kappa shape index (κ1) is 22.4. The monoisotopic (exact) mass is 463 g/mol. The van der Waals surface area contributed by atoms with Crippen LogP contribution in [0, 0.1) is 0 Å². The first-order chi connectivity index (χ1) is 16.6. The van der Waals surface area contributed by atoms with E-state index in [2.05, 4.69) is 20.3 Å². The summed E-state index contributed by atoms with van der Waals surface area (Å²) < 4.78 is 7.12. The summed E-state index contributed by atoms with van der Waals surface area (Å²) in [5.74, 6) is 0.388. The minimum atomic E-state index is -1.27. The van der Waals surface area contributed by atoms with E-state index in [1.54, 1.807) is 0 Å². The summed E-state index contributed by atoms with van der Waals surface area (Å²) in [5, 5.41) is 44.5. The normalized spacial score (nSPS) is 24.2. The third-order valence-corrected chi connectivity index (χ3v) is 6.06. The summed E-state index contributed by atoms with van der Waals surface area (Å²) in [6.07, 6.45) is -2.48. The lowest BCUT2D eigenvalue weighted by atomic mass is 9.96. The molecule has 10 heteroatoms. The molecule has 2 aromatic heterocycles. The number of aromatic nitrogens is 4. The number of rotatable bonds is 7. The minimum Gasteiger partial charge on any atom is -0.394 e. The van der Waals surface area contributed by atoms with Crippen molar-refractivity contribution in [3.8, 4) is 0 Å². The van der Waals surface area contributed by atoms with Gasteiger partial charge in [0.15, 0.2) is 23.2 Å². The zero-order valence-electron chi connectivity index (χ0n) is 18.1. The average molecular weight is 463 g/mol. The van der Waals surface area contributed by atoms with Crippen LogP contribution in [0.1, 0.15) is 29.5 Å². The molecule has 0 aliphatic carbocycles. The SMILES string of the molecule is OC[C@H]1O[C@@H](n2cnc3c(N[C@H](c4ccccc4)[C@@H](O)c4ccccc4)ncnc32)C(O)[C@H]1O. The molecule has 3 heterocycles. The predicted molar refractivity (Wildman–Crippen MR) is 123 cm³/mol. The van der Waals surface area contributed by atoms with Gasteiger partial charge in [0.2, 0.25) is 0 Å². The van der Waals surface area contributed by atoms with Gasteiger partial charge in [-0.15, -0.1) is 0 Å². The van der Waals surface area contributed by atoms with E-state index in [1.165, 1.54) is 17.2 Å². The molecular formula is C24H25N5O5. The van der Waals surface area contributed by atoms with Crippen LogP contribution >= 0.6 is 0 Å². The minimum absolute atomic E-state index is 0.369. The summed E-state index contributed by atoms with van der Waals surface area (Å²) in [6.45, 7) is -0.431. The number of imidazole rings is 1. The number of anilines is 1. The van der Waals surface area contributed by atoms with Crippen molar-refractivity contribution >= 4 is 17.0 Å². The van der Waals surface area contributed by atoms with Crippen molar-refractivity contribution in [1.29, 1.82) is 0 Å². The molecule has 0 spiro atoms. The highest BCUT2D eigenvalue weighted by Gasteiger charge is 2.44. The number of aliphatic hydroxyl groups excluding tert-OH is 4. The van der Waals surface area contributed by atoms with Crippen molar-refractivity contribution < 1.29 is 25.2 Å². The third-order valence-electron chi connectivity index (χ3n) is 6.06. The van der Waals surface area contributed by atoms with Crippen LogP contribution in [-0.2, 0) is 4.74 Å². The fraction of sp³-hybridized carbons (Fsp3) is 0.292. The van der Waals surface area contributed by atoms with Gasteiger partial charge in [0.05, 0.1) is 19.0 Å². The van der Waals surface area contributed by atoms with E-state index < -0.39 is 43.3 Å². The van der Waals surface area contributed by atoms with Crippen LogP contribution in [0.2, 0.25) is 0 Å². The van der Waals surface area contributed by atoms with Gasteiger partial charge in [-0.05, 0) is 11.1 Å². The molecule has 0 radical (unpaired) electrons. The van der Waals surface area contributed by atoms with E-state index >= 15 is 0 Å². The standard InChI is InChI=1S/C24H25N5O5/c30-11-16-20(32)21(33)24(34-16)29-13-27-18-22(25-12-26-23(18)29)28-17(14-7-3-1-4-8-14)19(31)15-9-5-2-6-10-15/h1-10,12-13,16-17,19-21,24,30-33H,11H2,(H,25,26,28)/t16-,17-,19+,20+,21?,24-/m1/s1. The lowest BCUT2D eigenvalue weighted by Gasteiger charge is -2.25. The van der Waals surface area contributed by atoms with Crippen molar-refractivity contribution in [2.75, 3.05) is 11.9 Å². The molecule has 1 aliphatic heterocycles. The highest BCUT2D eigenvalue weighted by atomic mass is 16.6. The van der Waals surface area contributed by atoms with Gasteiger partial charge in [-0.2, -0.15) is 0 Å². The summed E-state index contributed by atoms with van der Waals surface area (Å²) in [4.78, 5) is 13.1. The Bertz CT molecular complexity index is 1240. The van der Waals surface area contributed by atoms with Crippen LogP contribution in [0.4, 0.5) is 5.82 Å². The van der Waals surface area contributed by atoms with E-state index in [-0.39, 0.29) is 0 Å². The van der Waals surface area contributed by atoms with Crippen molar-refractivity contribution in [2.45, 2.75) is 36.7 Å². The van der Waals surface area contributed by atoms with Gasteiger partial charge in [0.25, 0.3) is 0 Å². The fourth-order valence-electron chi connectivity index (χ4n) is 4.25. The fourth-order valence-corrected chi connectivity index (χ4v) is 4.25. The Kier molecular flexibility index (Phi) is 6.22. The molecule has 10 nitrogen and oxygen atoms in total. The molecule has 2 aromatic carbocycles. The van der Waals surface area contributed by atoms with Crippen LogP contribution < -0.4 is 5.32 Å². The number of benzene rings is 2. The molecule has 1 unspecified atom stereocenters. The van der Waals surface area contributed by atoms with Crippen molar-refractivity contribution in [2.24, 2.45) is 0 Å². The van der Waals surface area contributed by atoms with E-state index in [4.69, 9.17) is 4.74 Å². The van der Waals surface area contributed by atoms with Gasteiger partial charge in [0, 0.05) is 0 Å². The van der Waals surface area contributed by atoms with Gasteiger partial charge in [-0.25, -0.2) is 15.0 Å². The maximum absolute atomic E-state index is 11.2. The highest BCUT2D eigenvalue weighted by molar-refractivity contribution is 5.83. The molecule has 0 amide bonds. The second kappa shape index (κ2) is 9.45. The summed E-state index contributed by atoms with van der Waals surface area (Å²) in [5.41, 5.74) is 2.37. The number of hydrogen-bond donors (Lipinski definition) is 5. The average Bonchev–Trinajstić information content (AvgIpc) is 3.44. The second-order valence-electron chi connectivity index (χ2n) is 8.16. The molecule has 176 valence electrons. The van der Waals surface area contributed by atoms with Gasteiger partial charge in [-0.1, -0.05) is 60.7 Å². The molecule has 34 heavy (non-hydrogen) atoms. The van der Waals surface area contributed by atoms with Crippen molar-refractivity contribution in [1.82, 2.24) is 19.5 Å². The zero-order valence-corrected chi connectivity index (χ0v) is 18.1. The number of ether oxygens (including phenoxy) is 1. The molecule has 1 aliphatic rings. The van der Waals surface area contributed by atoms with Crippen LogP contribution in [0.15, 0.2) is 73.3 Å². The molecular weight excluding hydrogens is 438 g/mol. The van der Waals surface area contributed by atoms with E-state index in [0.717, 1.165) is 11.1 Å². The molecule has 0 saturated carbocycles. The van der Waals surface area contributed by atoms with Gasteiger partial charge < -0.3 is 30.5 Å². The largest absolute Gasteiger partial charge is 0.394 e. The molecule has 5 rings (SSSR count). The Balaban J connectivity index is 1.51. The van der Waals surface area contributed by atoms with Crippen LogP contribution in [0.3, 0.4) is 0 Å². The quantitative estimate of drug-likeness (QED) is 0.274. The number of fused-ring (bicyclic) bond motifs is 1. The zero-order chi connectivity index (χ0) is 23.7. The van der Waals surface area contributed by atoms with E-state index in [0.29, 0.717) is 17.0 Å². The summed E-state index contributed by atoms with van der Waals surface area (Å²) in [6, 6.07) is 18.3. The van der Waals surface area contributed by atoms with Gasteiger partial charge >= 0.3 is 0 Å². The summed E-state index contributed by atoms with van der Waals surface area (Å²) >= 11 is 0. The van der Waals surface area contributed by atoms with Crippen LogP contribution in [-0.4, -0.2) is 64.9 Å². The first-order valence-corrected chi connectivity index (χ1v) is 10.9. The van der Waals surface area contributed by atoms with Gasteiger partial charge in [0.1, 0.15) is 30.7 Å². The number of hydrogen-bond acceptors (Lipinski definition) is 9. The van der Waals surface area contributed by atoms with Gasteiger partial charge in [-0.3, -0.25) is 4.57 Å². The van der Waals surface area contributed by atoms with Crippen molar-refractivity contribution in [3.05, 3.63) is 84.4 Å². The third kappa shape index (κ3) is 4.02. The lowest BCUT2D eigenvalue weighted by Crippen LogP contribution is -2.33. The Morgan fingerprint density at radius 2 is 1.59 bits per heavy atom. The molecule has 4 aromatic rings.